The number of imidazole rings is 1. The number of hydrogen-bond donors (Lipinski definition) is 0. The zero-order chi connectivity index (χ0) is 28.3. The van der Waals surface area contributed by atoms with Gasteiger partial charge in [-0.25, -0.2) is 15.0 Å². The smallest absolute Gasteiger partial charge is 0.166 e. The Balaban J connectivity index is 1.49. The molecule has 0 aliphatic carbocycles. The second-order valence-corrected chi connectivity index (χ2v) is 10.8. The van der Waals surface area contributed by atoms with Gasteiger partial charge in [0.25, 0.3) is 0 Å². The summed E-state index contributed by atoms with van der Waals surface area (Å²) in [7, 11) is 0. The van der Waals surface area contributed by atoms with Gasteiger partial charge in [-0.15, -0.1) is 0 Å². The van der Waals surface area contributed by atoms with Crippen LogP contribution >= 0.6 is 0 Å². The van der Waals surface area contributed by atoms with Crippen LogP contribution in [0, 0.1) is 0 Å². The molecular formula is C39H24N4. The maximum absolute atomic E-state index is 5.54. The fourth-order valence-corrected chi connectivity index (χ4v) is 6.44. The molecular weight excluding hydrogens is 524 g/mol. The molecule has 4 nitrogen and oxygen atoms in total. The number of pyridine rings is 1. The first-order valence-corrected chi connectivity index (χ1v) is 14.5. The zero-order valence-corrected chi connectivity index (χ0v) is 23.1. The first kappa shape index (κ1) is 23.8. The summed E-state index contributed by atoms with van der Waals surface area (Å²) in [5.41, 5.74) is 11.6. The van der Waals surface area contributed by atoms with E-state index in [0.29, 0.717) is 0 Å². The lowest BCUT2D eigenvalue weighted by Gasteiger charge is -2.17. The molecule has 6 aromatic carbocycles. The Morgan fingerprint density at radius 1 is 0.395 bits per heavy atom. The summed E-state index contributed by atoms with van der Waals surface area (Å²) in [5, 5.41) is 3.36. The van der Waals surface area contributed by atoms with Crippen LogP contribution < -0.4 is 0 Å². The van der Waals surface area contributed by atoms with Crippen LogP contribution in [0.5, 0.6) is 0 Å². The van der Waals surface area contributed by atoms with Crippen LogP contribution in [0.25, 0.3) is 83.0 Å². The van der Waals surface area contributed by atoms with Gasteiger partial charge in [-0.1, -0.05) is 127 Å². The predicted molar refractivity (Wildman–Crippen MR) is 177 cm³/mol. The second kappa shape index (κ2) is 9.33. The van der Waals surface area contributed by atoms with Crippen molar-refractivity contribution < 1.29 is 0 Å². The Bertz CT molecular complexity index is 2510. The van der Waals surface area contributed by atoms with Crippen molar-refractivity contribution in [3.05, 3.63) is 146 Å². The average Bonchev–Trinajstić information content (AvgIpc) is 3.48. The van der Waals surface area contributed by atoms with Crippen molar-refractivity contribution in [1.29, 1.82) is 0 Å². The molecule has 0 spiro atoms. The molecule has 3 aromatic heterocycles. The number of hydrogen-bond acceptors (Lipinski definition) is 3. The van der Waals surface area contributed by atoms with E-state index in [-0.39, 0.29) is 0 Å². The molecule has 4 heteroatoms. The van der Waals surface area contributed by atoms with E-state index < -0.39 is 0 Å². The first-order valence-electron chi connectivity index (χ1n) is 14.5. The fourth-order valence-electron chi connectivity index (χ4n) is 6.44. The molecule has 0 saturated carbocycles. The summed E-state index contributed by atoms with van der Waals surface area (Å²) >= 11 is 0. The van der Waals surface area contributed by atoms with Crippen molar-refractivity contribution in [1.82, 2.24) is 19.4 Å². The topological polar surface area (TPSA) is 43.1 Å². The molecule has 0 N–H and O–H groups in total. The SMILES string of the molecule is c1ccc(-c2ccccc2-c2nc3c(nc2-c2cccc4ccccc24)c2ccccc2n2c4ccccc4nc32)cc1. The minimum Gasteiger partial charge on any atom is -0.290 e. The van der Waals surface area contributed by atoms with E-state index in [1.165, 1.54) is 5.39 Å². The number of nitrogens with zero attached hydrogens (tertiary/aromatic N) is 4. The van der Waals surface area contributed by atoms with Gasteiger partial charge in [0.1, 0.15) is 11.0 Å². The largest absolute Gasteiger partial charge is 0.290 e. The average molecular weight is 549 g/mol. The van der Waals surface area contributed by atoms with Gasteiger partial charge in [-0.2, -0.15) is 0 Å². The minimum absolute atomic E-state index is 0.789. The Morgan fingerprint density at radius 2 is 1.00 bits per heavy atom. The summed E-state index contributed by atoms with van der Waals surface area (Å²) < 4.78 is 2.23. The monoisotopic (exact) mass is 548 g/mol. The highest BCUT2D eigenvalue weighted by Gasteiger charge is 2.22. The van der Waals surface area contributed by atoms with E-state index >= 15 is 0 Å². The predicted octanol–water partition coefficient (Wildman–Crippen LogP) is 9.74. The highest BCUT2D eigenvalue weighted by molar-refractivity contribution is 6.12. The number of aromatic nitrogens is 4. The summed E-state index contributed by atoms with van der Waals surface area (Å²) in [6.45, 7) is 0. The molecule has 3 heterocycles. The lowest BCUT2D eigenvalue weighted by Crippen LogP contribution is -2.01. The van der Waals surface area contributed by atoms with Gasteiger partial charge in [0.2, 0.25) is 0 Å². The van der Waals surface area contributed by atoms with E-state index in [1.54, 1.807) is 0 Å². The van der Waals surface area contributed by atoms with Gasteiger partial charge in [0, 0.05) is 16.5 Å². The normalized spacial score (nSPS) is 11.7. The molecule has 0 atom stereocenters. The van der Waals surface area contributed by atoms with Crippen molar-refractivity contribution in [2.45, 2.75) is 0 Å². The van der Waals surface area contributed by atoms with E-state index in [2.05, 4.69) is 138 Å². The van der Waals surface area contributed by atoms with Gasteiger partial charge in [-0.3, -0.25) is 4.40 Å². The van der Waals surface area contributed by atoms with E-state index in [4.69, 9.17) is 15.0 Å². The third-order valence-corrected chi connectivity index (χ3v) is 8.38. The zero-order valence-electron chi connectivity index (χ0n) is 23.1. The van der Waals surface area contributed by atoms with Crippen LogP contribution in [0.4, 0.5) is 0 Å². The molecule has 0 aliphatic rings. The standard InChI is InChI=1S/C39H24N4/c1-2-13-25(14-3-1)27-18-6-7-19-29(27)36-35(30-21-12-16-26-15-4-5-17-28(26)30)41-37-31-20-8-10-23-33(31)43-34-24-11-9-22-32(34)40-39(43)38(37)42-36/h1-24H. The molecule has 9 rings (SSSR count). The van der Waals surface area contributed by atoms with Crippen LogP contribution in [-0.4, -0.2) is 19.4 Å². The molecule has 0 aliphatic heterocycles. The van der Waals surface area contributed by atoms with Gasteiger partial charge in [-0.05, 0) is 40.1 Å². The van der Waals surface area contributed by atoms with Crippen molar-refractivity contribution >= 4 is 49.4 Å². The molecule has 0 fully saturated rings. The Morgan fingerprint density at radius 3 is 1.88 bits per heavy atom. The fraction of sp³-hybridized carbons (Fsp3) is 0. The van der Waals surface area contributed by atoms with Crippen LogP contribution in [0.15, 0.2) is 146 Å². The quantitative estimate of drug-likeness (QED) is 0.206. The number of benzene rings is 6. The van der Waals surface area contributed by atoms with Crippen LogP contribution in [0.2, 0.25) is 0 Å². The molecule has 0 amide bonds. The number of para-hydroxylation sites is 3. The summed E-state index contributed by atoms with van der Waals surface area (Å²) in [6, 6.07) is 50.7. The lowest BCUT2D eigenvalue weighted by atomic mass is 9.93. The van der Waals surface area contributed by atoms with Gasteiger partial charge < -0.3 is 0 Å². The first-order chi connectivity index (χ1) is 21.3. The molecule has 0 saturated heterocycles. The summed E-state index contributed by atoms with van der Waals surface area (Å²) in [5.74, 6) is 0. The van der Waals surface area contributed by atoms with E-state index in [0.717, 1.165) is 77.6 Å². The highest BCUT2D eigenvalue weighted by Crippen LogP contribution is 2.41. The Labute approximate surface area is 247 Å². The Kier molecular flexibility index (Phi) is 5.16. The van der Waals surface area contributed by atoms with Crippen molar-refractivity contribution in [3.8, 4) is 33.6 Å². The maximum Gasteiger partial charge on any atom is 0.166 e. The molecule has 9 aromatic rings. The molecule has 200 valence electrons. The molecule has 0 unspecified atom stereocenters. The molecule has 0 bridgehead atoms. The van der Waals surface area contributed by atoms with Crippen LogP contribution in [0.1, 0.15) is 0 Å². The maximum atomic E-state index is 5.54. The van der Waals surface area contributed by atoms with E-state index in [9.17, 15) is 0 Å². The van der Waals surface area contributed by atoms with E-state index in [1.807, 2.05) is 12.1 Å². The van der Waals surface area contributed by atoms with Crippen LogP contribution in [0.3, 0.4) is 0 Å². The third kappa shape index (κ3) is 3.60. The summed E-state index contributed by atoms with van der Waals surface area (Å²) in [6.07, 6.45) is 0. The third-order valence-electron chi connectivity index (χ3n) is 8.38. The van der Waals surface area contributed by atoms with Crippen LogP contribution in [-0.2, 0) is 0 Å². The van der Waals surface area contributed by atoms with Crippen molar-refractivity contribution in [3.63, 3.8) is 0 Å². The lowest BCUT2D eigenvalue weighted by molar-refractivity contribution is 1.25. The number of rotatable bonds is 3. The minimum atomic E-state index is 0.789. The molecule has 43 heavy (non-hydrogen) atoms. The van der Waals surface area contributed by atoms with Crippen molar-refractivity contribution in [2.24, 2.45) is 0 Å². The summed E-state index contributed by atoms with van der Waals surface area (Å²) in [4.78, 5) is 16.2. The van der Waals surface area contributed by atoms with Gasteiger partial charge >= 0.3 is 0 Å². The van der Waals surface area contributed by atoms with Gasteiger partial charge in [0.05, 0.1) is 27.9 Å². The number of fused-ring (bicyclic) bond motifs is 9. The second-order valence-electron chi connectivity index (χ2n) is 10.8. The van der Waals surface area contributed by atoms with Crippen molar-refractivity contribution in [2.75, 3.05) is 0 Å². The van der Waals surface area contributed by atoms with Gasteiger partial charge in [0.15, 0.2) is 5.65 Å². The Hall–Kier alpha value is -5.87. The highest BCUT2D eigenvalue weighted by atomic mass is 15.0. The molecule has 0 radical (unpaired) electrons.